The summed E-state index contributed by atoms with van der Waals surface area (Å²) in [5, 5.41) is 2.74. The number of carbonyl (C=O) groups excluding carboxylic acids is 2. The molecule has 1 heterocycles. The van der Waals surface area contributed by atoms with Crippen LogP contribution in [-0.4, -0.2) is 38.7 Å². The maximum absolute atomic E-state index is 12.9. The fraction of sp³-hybridized carbons (Fsp3) is 0.417. The molecule has 0 radical (unpaired) electrons. The van der Waals surface area contributed by atoms with Crippen molar-refractivity contribution in [3.63, 3.8) is 0 Å². The largest absolute Gasteiger partial charge is 0.468 e. The lowest BCUT2D eigenvalue weighted by Crippen LogP contribution is -2.47. The molecule has 0 aromatic heterocycles. The topological polar surface area (TPSA) is 64.6 Å². The van der Waals surface area contributed by atoms with Crippen molar-refractivity contribution in [3.8, 4) is 11.1 Å². The van der Waals surface area contributed by atoms with Crippen molar-refractivity contribution >= 4 is 11.9 Å². The van der Waals surface area contributed by atoms with Gasteiger partial charge in [0.05, 0.1) is 12.5 Å². The first-order valence-electron chi connectivity index (χ1n) is 10.0. The molecule has 0 spiro atoms. The number of aryl methyl sites for hydroxylation is 2. The molecule has 154 valence electrons. The van der Waals surface area contributed by atoms with Crippen molar-refractivity contribution in [2.24, 2.45) is 5.41 Å². The number of carbonyl (C=O) groups is 2. The minimum atomic E-state index is -0.562. The normalized spacial score (nSPS) is 15.6. The Bertz CT molecular complexity index is 847. The summed E-state index contributed by atoms with van der Waals surface area (Å²) in [6, 6.07) is 15.0. The SMILES string of the molecule is COC(=O)CNC(=O)C1(Cc2ccc(-c3cc(C)cc(C)c3)cc2)CCOCC1. The Hall–Kier alpha value is -2.66. The third-order valence-corrected chi connectivity index (χ3v) is 5.60. The second-order valence-electron chi connectivity index (χ2n) is 7.90. The molecule has 0 aliphatic carbocycles. The number of ether oxygens (including phenoxy) is 2. The van der Waals surface area contributed by atoms with Crippen LogP contribution >= 0.6 is 0 Å². The fourth-order valence-electron chi connectivity index (χ4n) is 4.01. The molecular weight excluding hydrogens is 366 g/mol. The molecule has 0 saturated carbocycles. The van der Waals surface area contributed by atoms with Crippen LogP contribution in [0, 0.1) is 19.3 Å². The van der Waals surface area contributed by atoms with Gasteiger partial charge in [0.1, 0.15) is 6.54 Å². The standard InChI is InChI=1S/C24H29NO4/c1-17-12-18(2)14-21(13-17)20-6-4-19(5-7-20)15-24(8-10-29-11-9-24)23(27)25-16-22(26)28-3/h4-7,12-14H,8-11,15-16H2,1-3H3,(H,25,27). The molecule has 1 N–H and O–H groups in total. The third kappa shape index (κ3) is 5.24. The first-order valence-corrected chi connectivity index (χ1v) is 10.0. The van der Waals surface area contributed by atoms with E-state index in [2.05, 4.69) is 66.4 Å². The minimum absolute atomic E-state index is 0.107. The van der Waals surface area contributed by atoms with Crippen LogP contribution in [0.25, 0.3) is 11.1 Å². The predicted molar refractivity (Wildman–Crippen MR) is 113 cm³/mol. The number of methoxy groups -OCH3 is 1. The molecule has 0 bridgehead atoms. The van der Waals surface area contributed by atoms with Crippen LogP contribution in [0.15, 0.2) is 42.5 Å². The zero-order chi connectivity index (χ0) is 20.9. The monoisotopic (exact) mass is 395 g/mol. The average molecular weight is 395 g/mol. The molecule has 29 heavy (non-hydrogen) atoms. The Morgan fingerprint density at radius 1 is 1.00 bits per heavy atom. The van der Waals surface area contributed by atoms with E-state index in [1.54, 1.807) is 0 Å². The van der Waals surface area contributed by atoms with Crippen LogP contribution < -0.4 is 5.32 Å². The molecular formula is C24H29NO4. The lowest BCUT2D eigenvalue weighted by molar-refractivity contribution is -0.144. The van der Waals surface area contributed by atoms with E-state index in [1.807, 2.05) is 0 Å². The molecule has 1 aliphatic rings. The van der Waals surface area contributed by atoms with Crippen molar-refractivity contribution in [3.05, 3.63) is 59.2 Å². The second kappa shape index (κ2) is 9.23. The molecule has 0 unspecified atom stereocenters. The zero-order valence-electron chi connectivity index (χ0n) is 17.4. The van der Waals surface area contributed by atoms with E-state index in [-0.39, 0.29) is 12.5 Å². The van der Waals surface area contributed by atoms with Crippen molar-refractivity contribution in [1.29, 1.82) is 0 Å². The maximum Gasteiger partial charge on any atom is 0.325 e. The fourth-order valence-corrected chi connectivity index (χ4v) is 4.01. The van der Waals surface area contributed by atoms with E-state index in [0.29, 0.717) is 32.5 Å². The van der Waals surface area contributed by atoms with Crippen molar-refractivity contribution in [2.75, 3.05) is 26.9 Å². The Labute approximate surface area is 172 Å². The van der Waals surface area contributed by atoms with E-state index in [9.17, 15) is 9.59 Å². The van der Waals surface area contributed by atoms with Crippen LogP contribution in [-0.2, 0) is 25.5 Å². The number of hydrogen-bond acceptors (Lipinski definition) is 4. The summed E-state index contributed by atoms with van der Waals surface area (Å²) >= 11 is 0. The van der Waals surface area contributed by atoms with Gasteiger partial charge in [-0.1, -0.05) is 53.6 Å². The quantitative estimate of drug-likeness (QED) is 0.759. The van der Waals surface area contributed by atoms with Crippen molar-refractivity contribution < 1.29 is 19.1 Å². The molecule has 3 rings (SSSR count). The Morgan fingerprint density at radius 3 is 2.21 bits per heavy atom. The molecule has 0 atom stereocenters. The zero-order valence-corrected chi connectivity index (χ0v) is 17.4. The molecule has 1 aliphatic heterocycles. The van der Waals surface area contributed by atoms with E-state index in [1.165, 1.54) is 23.8 Å². The van der Waals surface area contributed by atoms with Gasteiger partial charge in [-0.05, 0) is 49.8 Å². The number of benzene rings is 2. The molecule has 1 amide bonds. The maximum atomic E-state index is 12.9. The molecule has 5 heteroatoms. The van der Waals surface area contributed by atoms with Gasteiger partial charge in [0.15, 0.2) is 0 Å². The van der Waals surface area contributed by atoms with E-state index in [0.717, 1.165) is 11.1 Å². The van der Waals surface area contributed by atoms with Crippen molar-refractivity contribution in [1.82, 2.24) is 5.32 Å². The van der Waals surface area contributed by atoms with E-state index >= 15 is 0 Å². The molecule has 2 aromatic carbocycles. The lowest BCUT2D eigenvalue weighted by Gasteiger charge is -2.35. The summed E-state index contributed by atoms with van der Waals surface area (Å²) in [5.74, 6) is -0.553. The Morgan fingerprint density at radius 2 is 1.62 bits per heavy atom. The highest BCUT2D eigenvalue weighted by Crippen LogP contribution is 2.35. The summed E-state index contributed by atoms with van der Waals surface area (Å²) in [5.41, 5.74) is 5.39. The third-order valence-electron chi connectivity index (χ3n) is 5.60. The summed E-state index contributed by atoms with van der Waals surface area (Å²) < 4.78 is 10.1. The van der Waals surface area contributed by atoms with Gasteiger partial charge in [0.25, 0.3) is 0 Å². The smallest absolute Gasteiger partial charge is 0.325 e. The van der Waals surface area contributed by atoms with Gasteiger partial charge in [-0.2, -0.15) is 0 Å². The highest BCUT2D eigenvalue weighted by Gasteiger charge is 2.40. The van der Waals surface area contributed by atoms with Gasteiger partial charge in [-0.15, -0.1) is 0 Å². The highest BCUT2D eigenvalue weighted by atomic mass is 16.5. The Balaban J connectivity index is 1.77. The van der Waals surface area contributed by atoms with Gasteiger partial charge in [0.2, 0.25) is 5.91 Å². The van der Waals surface area contributed by atoms with Crippen LogP contribution in [0.2, 0.25) is 0 Å². The van der Waals surface area contributed by atoms with Crippen LogP contribution in [0.1, 0.15) is 29.5 Å². The molecule has 2 aromatic rings. The summed E-state index contributed by atoms with van der Waals surface area (Å²) in [6.45, 7) is 5.20. The van der Waals surface area contributed by atoms with Gasteiger partial charge in [-0.3, -0.25) is 9.59 Å². The molecule has 5 nitrogen and oxygen atoms in total. The van der Waals surface area contributed by atoms with Crippen LogP contribution in [0.3, 0.4) is 0 Å². The molecule has 1 fully saturated rings. The van der Waals surface area contributed by atoms with Gasteiger partial charge in [-0.25, -0.2) is 0 Å². The number of hydrogen-bond donors (Lipinski definition) is 1. The van der Waals surface area contributed by atoms with Gasteiger partial charge >= 0.3 is 5.97 Å². The van der Waals surface area contributed by atoms with Crippen LogP contribution in [0.5, 0.6) is 0 Å². The molecule has 1 saturated heterocycles. The van der Waals surface area contributed by atoms with Gasteiger partial charge < -0.3 is 14.8 Å². The number of amides is 1. The van der Waals surface area contributed by atoms with Crippen LogP contribution in [0.4, 0.5) is 0 Å². The first kappa shape index (κ1) is 21.1. The number of rotatable bonds is 6. The Kier molecular flexibility index (Phi) is 6.70. The minimum Gasteiger partial charge on any atom is -0.468 e. The highest BCUT2D eigenvalue weighted by molar-refractivity contribution is 5.86. The second-order valence-corrected chi connectivity index (χ2v) is 7.90. The van der Waals surface area contributed by atoms with E-state index < -0.39 is 11.4 Å². The van der Waals surface area contributed by atoms with Gasteiger partial charge in [0, 0.05) is 13.2 Å². The number of esters is 1. The summed E-state index contributed by atoms with van der Waals surface area (Å²) in [7, 11) is 1.32. The predicted octanol–water partition coefficient (Wildman–Crippen LogP) is 3.60. The summed E-state index contributed by atoms with van der Waals surface area (Å²) in [6.07, 6.45) is 1.90. The lowest BCUT2D eigenvalue weighted by atomic mass is 9.74. The van der Waals surface area contributed by atoms with E-state index in [4.69, 9.17) is 4.74 Å². The summed E-state index contributed by atoms with van der Waals surface area (Å²) in [4.78, 5) is 24.4. The average Bonchev–Trinajstić information content (AvgIpc) is 2.72. The van der Waals surface area contributed by atoms with Crippen molar-refractivity contribution in [2.45, 2.75) is 33.1 Å². The first-order chi connectivity index (χ1) is 13.9. The number of nitrogens with one attached hydrogen (secondary N) is 1.